The van der Waals surface area contributed by atoms with Gasteiger partial charge in [-0.25, -0.2) is 4.98 Å². The zero-order chi connectivity index (χ0) is 28.4. The largest absolute Gasteiger partial charge is 0.461 e. The monoisotopic (exact) mass is 542 g/mol. The zero-order valence-electron chi connectivity index (χ0n) is 24.0. The van der Waals surface area contributed by atoms with Crippen LogP contribution in [0.4, 0.5) is 0 Å². The van der Waals surface area contributed by atoms with Gasteiger partial charge >= 0.3 is 5.97 Å². The van der Waals surface area contributed by atoms with Gasteiger partial charge in [0, 0.05) is 18.9 Å². The molecule has 1 fully saturated rings. The van der Waals surface area contributed by atoms with Crippen LogP contribution in [0.1, 0.15) is 79.1 Å². The SMILES string of the molecule is CC(=O)O[C@@H]1C[C@@H](C(=O)N[C@H](C)c2ccc(-c3scnc3C)cc2)N(C(=O)[C@@H](NC(C)(C)C)C(C)(C)C)C1. The Labute approximate surface area is 230 Å². The number of ether oxygens (including phenoxy) is 1. The van der Waals surface area contributed by atoms with Crippen molar-refractivity contribution in [2.45, 2.75) is 98.5 Å². The van der Waals surface area contributed by atoms with Gasteiger partial charge in [-0.05, 0) is 51.2 Å². The van der Waals surface area contributed by atoms with Gasteiger partial charge in [-0.3, -0.25) is 14.4 Å². The summed E-state index contributed by atoms with van der Waals surface area (Å²) in [5.41, 5.74) is 4.17. The minimum atomic E-state index is -0.736. The number of benzene rings is 1. The molecule has 2 N–H and O–H groups in total. The van der Waals surface area contributed by atoms with E-state index in [0.29, 0.717) is 0 Å². The first-order chi connectivity index (χ1) is 17.6. The Morgan fingerprint density at radius 1 is 1.11 bits per heavy atom. The van der Waals surface area contributed by atoms with E-state index in [4.69, 9.17) is 4.74 Å². The van der Waals surface area contributed by atoms with Crippen LogP contribution in [0.15, 0.2) is 29.8 Å². The molecule has 0 bridgehead atoms. The number of rotatable bonds is 7. The predicted molar refractivity (Wildman–Crippen MR) is 151 cm³/mol. The van der Waals surface area contributed by atoms with Crippen molar-refractivity contribution in [3.8, 4) is 10.4 Å². The van der Waals surface area contributed by atoms with Gasteiger partial charge in [0.25, 0.3) is 0 Å². The smallest absolute Gasteiger partial charge is 0.302 e. The fraction of sp³-hybridized carbons (Fsp3) is 0.586. The van der Waals surface area contributed by atoms with Gasteiger partial charge in [-0.1, -0.05) is 45.0 Å². The first-order valence-corrected chi connectivity index (χ1v) is 14.0. The normalized spacial score (nSPS) is 19.7. The number of likely N-dealkylation sites (tertiary alicyclic amines) is 1. The van der Waals surface area contributed by atoms with E-state index >= 15 is 0 Å². The van der Waals surface area contributed by atoms with E-state index in [0.717, 1.165) is 21.7 Å². The molecule has 38 heavy (non-hydrogen) atoms. The number of nitrogens with zero attached hydrogens (tertiary/aromatic N) is 2. The maximum Gasteiger partial charge on any atom is 0.302 e. The van der Waals surface area contributed by atoms with Gasteiger partial charge in [-0.2, -0.15) is 0 Å². The van der Waals surface area contributed by atoms with E-state index in [1.54, 1.807) is 16.2 Å². The molecule has 2 aromatic rings. The number of esters is 1. The topological polar surface area (TPSA) is 101 Å². The van der Waals surface area contributed by atoms with Crippen molar-refractivity contribution in [2.24, 2.45) is 5.41 Å². The molecule has 0 unspecified atom stereocenters. The summed E-state index contributed by atoms with van der Waals surface area (Å²) >= 11 is 1.60. The lowest BCUT2D eigenvalue weighted by molar-refractivity contribution is -0.147. The number of carbonyl (C=O) groups excluding carboxylic acids is 3. The van der Waals surface area contributed by atoms with Gasteiger partial charge in [0.05, 0.1) is 34.7 Å². The molecule has 0 aliphatic carbocycles. The highest BCUT2D eigenvalue weighted by molar-refractivity contribution is 7.13. The number of hydrogen-bond acceptors (Lipinski definition) is 7. The second-order valence-electron chi connectivity index (χ2n) is 12.3. The maximum atomic E-state index is 13.9. The van der Waals surface area contributed by atoms with Gasteiger partial charge in [-0.15, -0.1) is 11.3 Å². The van der Waals surface area contributed by atoms with Crippen LogP contribution >= 0.6 is 11.3 Å². The van der Waals surface area contributed by atoms with Crippen LogP contribution in [0.5, 0.6) is 0 Å². The number of nitrogens with one attached hydrogen (secondary N) is 2. The molecule has 208 valence electrons. The lowest BCUT2D eigenvalue weighted by Gasteiger charge is -2.39. The van der Waals surface area contributed by atoms with Crippen LogP contribution in [0, 0.1) is 12.3 Å². The number of hydrogen-bond donors (Lipinski definition) is 2. The van der Waals surface area contributed by atoms with Gasteiger partial charge in [0.2, 0.25) is 11.8 Å². The molecule has 2 amide bonds. The molecule has 1 saturated heterocycles. The third kappa shape index (κ3) is 7.41. The highest BCUT2D eigenvalue weighted by atomic mass is 32.1. The van der Waals surface area contributed by atoms with Crippen LogP contribution in [0.3, 0.4) is 0 Å². The lowest BCUT2D eigenvalue weighted by Crippen LogP contribution is -2.60. The molecule has 9 heteroatoms. The average Bonchev–Trinajstić information content (AvgIpc) is 3.41. The van der Waals surface area contributed by atoms with Crippen LogP contribution in [0.25, 0.3) is 10.4 Å². The summed E-state index contributed by atoms with van der Waals surface area (Å²) in [4.78, 5) is 46.2. The summed E-state index contributed by atoms with van der Waals surface area (Å²) in [5, 5.41) is 6.53. The Hall–Kier alpha value is -2.78. The number of aryl methyl sites for hydroxylation is 1. The molecule has 1 aliphatic heterocycles. The zero-order valence-corrected chi connectivity index (χ0v) is 24.9. The fourth-order valence-corrected chi connectivity index (χ4v) is 5.56. The van der Waals surface area contributed by atoms with E-state index in [2.05, 4.69) is 15.6 Å². The Bertz CT molecular complexity index is 1150. The first kappa shape index (κ1) is 29.8. The quantitative estimate of drug-likeness (QED) is 0.495. The molecule has 2 heterocycles. The summed E-state index contributed by atoms with van der Waals surface area (Å²) in [7, 11) is 0. The highest BCUT2D eigenvalue weighted by Gasteiger charge is 2.46. The molecule has 0 radical (unpaired) electrons. The van der Waals surface area contributed by atoms with Crippen LogP contribution in [0.2, 0.25) is 0 Å². The number of thiazole rings is 1. The van der Waals surface area contributed by atoms with Gasteiger partial charge < -0.3 is 20.3 Å². The fourth-order valence-electron chi connectivity index (χ4n) is 4.75. The van der Waals surface area contributed by atoms with E-state index in [1.807, 2.05) is 85.2 Å². The molecule has 4 atom stereocenters. The molecule has 1 aromatic carbocycles. The van der Waals surface area contributed by atoms with Crippen molar-refractivity contribution in [2.75, 3.05) is 6.54 Å². The highest BCUT2D eigenvalue weighted by Crippen LogP contribution is 2.30. The second-order valence-corrected chi connectivity index (χ2v) is 13.1. The van der Waals surface area contributed by atoms with E-state index < -0.39 is 29.6 Å². The Morgan fingerprint density at radius 3 is 2.24 bits per heavy atom. The van der Waals surface area contributed by atoms with Crippen LogP contribution < -0.4 is 10.6 Å². The van der Waals surface area contributed by atoms with Crippen molar-refractivity contribution in [1.29, 1.82) is 0 Å². The average molecular weight is 543 g/mol. The summed E-state index contributed by atoms with van der Waals surface area (Å²) in [6.07, 6.45) is -0.264. The Kier molecular flexibility index (Phi) is 9.04. The second kappa shape index (κ2) is 11.5. The van der Waals surface area contributed by atoms with Crippen LogP contribution in [-0.4, -0.2) is 57.9 Å². The summed E-state index contributed by atoms with van der Waals surface area (Å²) in [6, 6.07) is 6.55. The van der Waals surface area contributed by atoms with Gasteiger partial charge in [0.15, 0.2) is 0 Å². The van der Waals surface area contributed by atoms with E-state index in [-0.39, 0.29) is 36.4 Å². The van der Waals surface area contributed by atoms with Crippen molar-refractivity contribution in [1.82, 2.24) is 20.5 Å². The van der Waals surface area contributed by atoms with Crippen molar-refractivity contribution >= 4 is 29.1 Å². The van der Waals surface area contributed by atoms with Crippen molar-refractivity contribution in [3.05, 3.63) is 41.0 Å². The lowest BCUT2D eigenvalue weighted by atomic mass is 9.84. The molecule has 1 aromatic heterocycles. The third-order valence-electron chi connectivity index (χ3n) is 6.65. The third-order valence-corrected chi connectivity index (χ3v) is 7.63. The first-order valence-electron chi connectivity index (χ1n) is 13.1. The molecular formula is C29H42N4O4S. The molecule has 3 rings (SSSR count). The maximum absolute atomic E-state index is 13.9. The predicted octanol–water partition coefficient (Wildman–Crippen LogP) is 4.63. The molecule has 1 aliphatic rings. The summed E-state index contributed by atoms with van der Waals surface area (Å²) in [6.45, 7) is 17.5. The molecule has 0 spiro atoms. The van der Waals surface area contributed by atoms with Gasteiger partial charge in [0.1, 0.15) is 12.1 Å². The Balaban J connectivity index is 1.80. The van der Waals surface area contributed by atoms with Crippen molar-refractivity contribution < 1.29 is 19.1 Å². The minimum absolute atomic E-state index is 0.167. The number of aromatic nitrogens is 1. The summed E-state index contributed by atoms with van der Waals surface area (Å²) < 4.78 is 5.45. The number of carbonyl (C=O) groups is 3. The summed E-state index contributed by atoms with van der Waals surface area (Å²) in [5.74, 6) is -0.848. The van der Waals surface area contributed by atoms with Crippen LogP contribution in [-0.2, 0) is 19.1 Å². The van der Waals surface area contributed by atoms with E-state index in [1.165, 1.54) is 6.92 Å². The molecule has 8 nitrogen and oxygen atoms in total. The minimum Gasteiger partial charge on any atom is -0.461 e. The standard InChI is InChI=1S/C29H42N4O4S/c1-17(20-10-12-21(13-11-20)24-18(2)30-16-38-24)31-26(35)23-14-22(37-19(3)34)15-33(23)27(36)25(28(4,5)6)32-29(7,8)9/h10-13,16-17,22-23,25,32H,14-15H2,1-9H3,(H,31,35)/t17-,22-,23+,25-/m1/s1. The molecular weight excluding hydrogens is 500 g/mol. The van der Waals surface area contributed by atoms with E-state index in [9.17, 15) is 14.4 Å². The molecule has 0 saturated carbocycles. The van der Waals surface area contributed by atoms with Crippen molar-refractivity contribution in [3.63, 3.8) is 0 Å². The Morgan fingerprint density at radius 2 is 1.74 bits per heavy atom. The number of amides is 2.